The maximum absolute atomic E-state index is 12.3. The Hall–Kier alpha value is -2.18. The molecular weight excluding hydrogens is 348 g/mol. The Kier molecular flexibility index (Phi) is 5.74. The molecule has 1 aliphatic heterocycles. The quantitative estimate of drug-likeness (QED) is 0.791. The summed E-state index contributed by atoms with van der Waals surface area (Å²) in [6.45, 7) is 6.45. The zero-order valence-corrected chi connectivity index (χ0v) is 16.2. The first kappa shape index (κ1) is 18.6. The molecule has 2 aromatic rings. The van der Waals surface area contributed by atoms with Crippen LogP contribution in [0.1, 0.15) is 40.2 Å². The number of carbonyl (C=O) groups is 2. The summed E-state index contributed by atoms with van der Waals surface area (Å²) >= 11 is 1.51. The highest BCUT2D eigenvalue weighted by Crippen LogP contribution is 2.35. The molecule has 0 aliphatic carbocycles. The molecule has 1 unspecified atom stereocenters. The van der Waals surface area contributed by atoms with Gasteiger partial charge >= 0.3 is 5.97 Å². The lowest BCUT2D eigenvalue weighted by atomic mass is 10.0. The topological polar surface area (TPSA) is 59.8 Å². The lowest BCUT2D eigenvalue weighted by Gasteiger charge is -2.24. The van der Waals surface area contributed by atoms with Crippen LogP contribution in [0.5, 0.6) is 0 Å². The number of methoxy groups -OCH3 is 1. The Labute approximate surface area is 158 Å². The third-order valence-electron chi connectivity index (χ3n) is 4.68. The van der Waals surface area contributed by atoms with Gasteiger partial charge in [0.1, 0.15) is 18.1 Å². The Bertz CT molecular complexity index is 799. The van der Waals surface area contributed by atoms with Crippen LogP contribution in [0.3, 0.4) is 0 Å². The Balaban J connectivity index is 1.84. The smallest absolute Gasteiger partial charge is 0.341 e. The van der Waals surface area contributed by atoms with E-state index < -0.39 is 0 Å². The van der Waals surface area contributed by atoms with Crippen molar-refractivity contribution in [2.75, 3.05) is 19.0 Å². The van der Waals surface area contributed by atoms with Crippen LogP contribution >= 0.6 is 11.3 Å². The molecule has 0 fully saturated rings. The molecular formula is C20H25N2O3S+. The van der Waals surface area contributed by atoms with Crippen molar-refractivity contribution in [3.8, 4) is 0 Å². The molecule has 5 nitrogen and oxygen atoms in total. The van der Waals surface area contributed by atoms with Crippen LogP contribution in [-0.4, -0.2) is 25.5 Å². The van der Waals surface area contributed by atoms with Crippen LogP contribution in [0.2, 0.25) is 0 Å². The normalized spacial score (nSPS) is 16.2. The predicted molar refractivity (Wildman–Crippen MR) is 103 cm³/mol. The van der Waals surface area contributed by atoms with E-state index in [4.69, 9.17) is 4.74 Å². The van der Waals surface area contributed by atoms with Crippen molar-refractivity contribution in [3.63, 3.8) is 0 Å². The highest BCUT2D eigenvalue weighted by atomic mass is 32.1. The Morgan fingerprint density at radius 3 is 2.65 bits per heavy atom. The van der Waals surface area contributed by atoms with Crippen LogP contribution in [0.15, 0.2) is 30.3 Å². The number of amides is 1. The van der Waals surface area contributed by atoms with E-state index >= 15 is 0 Å². The number of thiophene rings is 1. The van der Waals surface area contributed by atoms with Crippen molar-refractivity contribution < 1.29 is 19.2 Å². The summed E-state index contributed by atoms with van der Waals surface area (Å²) in [4.78, 5) is 27.1. The molecule has 0 spiro atoms. The minimum atomic E-state index is -0.368. The third-order valence-corrected chi connectivity index (χ3v) is 5.82. The fraction of sp³-hybridized carbons (Fsp3) is 0.400. The SMILES string of the molecule is COC(=O)c1c(NC(=O)C(C)C)sc2c1CC[NH+](Cc1ccccc1)C2. The third kappa shape index (κ3) is 3.97. The Morgan fingerprint density at radius 2 is 2.00 bits per heavy atom. The van der Waals surface area contributed by atoms with Gasteiger partial charge in [0.05, 0.1) is 24.1 Å². The number of anilines is 1. The summed E-state index contributed by atoms with van der Waals surface area (Å²) in [7, 11) is 1.39. The molecule has 0 saturated carbocycles. The number of carbonyl (C=O) groups excluding carboxylic acids is 2. The van der Waals surface area contributed by atoms with Crippen LogP contribution in [0.25, 0.3) is 0 Å². The first-order chi connectivity index (χ1) is 12.5. The van der Waals surface area contributed by atoms with E-state index in [2.05, 4.69) is 29.6 Å². The summed E-state index contributed by atoms with van der Waals surface area (Å²) in [5, 5.41) is 3.54. The van der Waals surface area contributed by atoms with Gasteiger partial charge in [-0.2, -0.15) is 0 Å². The van der Waals surface area contributed by atoms with Gasteiger partial charge in [0, 0.05) is 17.9 Å². The van der Waals surface area contributed by atoms with Gasteiger partial charge in [0.25, 0.3) is 0 Å². The van der Waals surface area contributed by atoms with E-state index in [1.54, 1.807) is 0 Å². The van der Waals surface area contributed by atoms with Gasteiger partial charge in [0.2, 0.25) is 5.91 Å². The van der Waals surface area contributed by atoms with Gasteiger partial charge in [-0.1, -0.05) is 44.2 Å². The fourth-order valence-electron chi connectivity index (χ4n) is 3.23. The first-order valence-corrected chi connectivity index (χ1v) is 9.72. The second-order valence-electron chi connectivity index (χ2n) is 6.93. The maximum atomic E-state index is 12.3. The zero-order valence-electron chi connectivity index (χ0n) is 15.4. The van der Waals surface area contributed by atoms with Crippen molar-refractivity contribution in [2.24, 2.45) is 5.92 Å². The second kappa shape index (κ2) is 8.01. The van der Waals surface area contributed by atoms with Gasteiger partial charge in [-0.05, 0) is 5.56 Å². The molecule has 0 radical (unpaired) electrons. The van der Waals surface area contributed by atoms with Gasteiger partial charge in [-0.25, -0.2) is 4.79 Å². The number of quaternary nitrogens is 1. The fourth-order valence-corrected chi connectivity index (χ4v) is 4.54. The minimum absolute atomic E-state index is 0.0813. The average molecular weight is 373 g/mol. The van der Waals surface area contributed by atoms with E-state index in [1.807, 2.05) is 19.9 Å². The van der Waals surface area contributed by atoms with Gasteiger partial charge in [0.15, 0.2) is 0 Å². The maximum Gasteiger partial charge on any atom is 0.341 e. The lowest BCUT2D eigenvalue weighted by Crippen LogP contribution is -3.10. The molecule has 2 heterocycles. The highest BCUT2D eigenvalue weighted by Gasteiger charge is 2.31. The molecule has 0 saturated heterocycles. The molecule has 26 heavy (non-hydrogen) atoms. The number of hydrogen-bond donors (Lipinski definition) is 2. The number of esters is 1. The van der Waals surface area contributed by atoms with Crippen LogP contribution < -0.4 is 10.2 Å². The standard InChI is InChI=1S/C20H24N2O3S/c1-13(2)18(23)21-19-17(20(24)25-3)15-9-10-22(12-16(15)26-19)11-14-7-5-4-6-8-14/h4-8,13H,9-12H2,1-3H3,(H,21,23)/p+1. The molecule has 138 valence electrons. The molecule has 1 aromatic heterocycles. The minimum Gasteiger partial charge on any atom is -0.465 e. The van der Waals surface area contributed by atoms with Crippen LogP contribution in [-0.2, 0) is 29.0 Å². The highest BCUT2D eigenvalue weighted by molar-refractivity contribution is 7.17. The number of fused-ring (bicyclic) bond motifs is 1. The van der Waals surface area contributed by atoms with E-state index in [0.717, 1.165) is 31.6 Å². The summed E-state index contributed by atoms with van der Waals surface area (Å²) in [6, 6.07) is 10.4. The molecule has 1 amide bonds. The number of nitrogens with one attached hydrogen (secondary N) is 2. The lowest BCUT2D eigenvalue weighted by molar-refractivity contribution is -0.929. The van der Waals surface area contributed by atoms with Crippen molar-refractivity contribution in [3.05, 3.63) is 51.9 Å². The largest absolute Gasteiger partial charge is 0.465 e. The van der Waals surface area contributed by atoms with Gasteiger partial charge in [-0.15, -0.1) is 11.3 Å². The molecule has 0 bridgehead atoms. The average Bonchev–Trinajstić information content (AvgIpc) is 2.98. The molecule has 6 heteroatoms. The van der Waals surface area contributed by atoms with E-state index in [9.17, 15) is 9.59 Å². The zero-order chi connectivity index (χ0) is 18.7. The summed E-state index contributed by atoms with van der Waals surface area (Å²) < 4.78 is 4.98. The van der Waals surface area contributed by atoms with Crippen molar-refractivity contribution >= 4 is 28.2 Å². The number of ether oxygens (including phenoxy) is 1. The first-order valence-electron chi connectivity index (χ1n) is 8.90. The molecule has 3 rings (SSSR count). The van der Waals surface area contributed by atoms with Crippen LogP contribution in [0, 0.1) is 5.92 Å². The van der Waals surface area contributed by atoms with E-state index in [-0.39, 0.29) is 17.8 Å². The Morgan fingerprint density at radius 1 is 1.27 bits per heavy atom. The van der Waals surface area contributed by atoms with Crippen molar-refractivity contribution in [1.82, 2.24) is 0 Å². The molecule has 2 N–H and O–H groups in total. The van der Waals surface area contributed by atoms with Gasteiger partial charge < -0.3 is 15.0 Å². The second-order valence-corrected chi connectivity index (χ2v) is 8.04. The molecule has 1 aliphatic rings. The summed E-state index contributed by atoms with van der Waals surface area (Å²) in [5.74, 6) is -0.588. The number of rotatable bonds is 5. The van der Waals surface area contributed by atoms with Crippen molar-refractivity contribution in [1.29, 1.82) is 0 Å². The van der Waals surface area contributed by atoms with E-state index in [1.165, 1.54) is 33.8 Å². The van der Waals surface area contributed by atoms with E-state index in [0.29, 0.717) is 10.6 Å². The van der Waals surface area contributed by atoms with Gasteiger partial charge in [-0.3, -0.25) is 4.79 Å². The monoisotopic (exact) mass is 373 g/mol. The van der Waals surface area contributed by atoms with Crippen molar-refractivity contribution in [2.45, 2.75) is 33.4 Å². The number of benzene rings is 1. The van der Waals surface area contributed by atoms with Crippen LogP contribution in [0.4, 0.5) is 5.00 Å². The summed E-state index contributed by atoms with van der Waals surface area (Å²) in [6.07, 6.45) is 0.815. The molecule has 1 atom stereocenters. The summed E-state index contributed by atoms with van der Waals surface area (Å²) in [5.41, 5.74) is 2.89. The predicted octanol–water partition coefficient (Wildman–Crippen LogP) is 2.27. The molecule has 1 aromatic carbocycles. The number of hydrogen-bond acceptors (Lipinski definition) is 4.